The summed E-state index contributed by atoms with van der Waals surface area (Å²) in [5, 5.41) is 0.693. The maximum atomic E-state index is 11.8. The van der Waals surface area contributed by atoms with Crippen LogP contribution < -0.4 is 0 Å². The van der Waals surface area contributed by atoms with Crippen molar-refractivity contribution in [3.05, 3.63) is 36.0 Å². The van der Waals surface area contributed by atoms with E-state index in [-0.39, 0.29) is 6.61 Å². The van der Waals surface area contributed by atoms with Crippen molar-refractivity contribution in [2.45, 2.75) is 45.3 Å². The Morgan fingerprint density at radius 1 is 1.00 bits per heavy atom. The van der Waals surface area contributed by atoms with Crippen LogP contribution in [0.15, 0.2) is 30.5 Å². The molecule has 3 rings (SSSR count). The van der Waals surface area contributed by atoms with E-state index >= 15 is 0 Å². The van der Waals surface area contributed by atoms with Gasteiger partial charge in [-0.05, 0) is 6.07 Å². The summed E-state index contributed by atoms with van der Waals surface area (Å²) in [5.41, 5.74) is 1.10. The average Bonchev–Trinajstić information content (AvgIpc) is 3.02. The fraction of sp³-hybridized carbons (Fsp3) is 0.400. The van der Waals surface area contributed by atoms with E-state index in [4.69, 9.17) is 18.9 Å². The number of hydrogen-bond acceptors (Lipinski definition) is 8. The molecule has 1 aromatic heterocycles. The van der Waals surface area contributed by atoms with E-state index in [1.54, 1.807) is 35.0 Å². The van der Waals surface area contributed by atoms with Gasteiger partial charge in [-0.15, -0.1) is 0 Å². The molecule has 0 N–H and O–H groups in total. The Bertz CT molecular complexity index is 949. The molecule has 9 heteroatoms. The zero-order valence-corrected chi connectivity index (χ0v) is 16.2. The molecule has 4 atom stereocenters. The van der Waals surface area contributed by atoms with Crippen molar-refractivity contribution >= 4 is 35.1 Å². The van der Waals surface area contributed by atoms with Gasteiger partial charge in [-0.3, -0.25) is 19.2 Å². The lowest BCUT2D eigenvalue weighted by Crippen LogP contribution is -2.55. The Balaban J connectivity index is 2.08. The molecular weight excluding hydrogens is 382 g/mol. The predicted octanol–water partition coefficient (Wildman–Crippen LogP) is 1.78. The molecule has 1 aliphatic heterocycles. The number of nitrogens with zero attached hydrogens (tertiary/aromatic N) is 1. The zero-order valence-electron chi connectivity index (χ0n) is 16.2. The smallest absolute Gasteiger partial charge is 0.303 e. The number of aldehydes is 1. The molecule has 1 fully saturated rings. The lowest BCUT2D eigenvalue weighted by molar-refractivity contribution is -0.239. The zero-order chi connectivity index (χ0) is 21.1. The third-order valence-corrected chi connectivity index (χ3v) is 4.50. The minimum atomic E-state index is -1.11. The Labute approximate surface area is 166 Å². The number of aromatic nitrogens is 1. The molecule has 0 spiro atoms. The molecule has 29 heavy (non-hydrogen) atoms. The number of hydrogen-bond donors (Lipinski definition) is 0. The van der Waals surface area contributed by atoms with Crippen LogP contribution in [0.2, 0.25) is 0 Å². The van der Waals surface area contributed by atoms with E-state index in [0.29, 0.717) is 22.8 Å². The van der Waals surface area contributed by atoms with Crippen molar-refractivity contribution in [1.29, 1.82) is 0 Å². The number of para-hydroxylation sites is 1. The molecule has 1 saturated heterocycles. The van der Waals surface area contributed by atoms with Crippen LogP contribution in [0.3, 0.4) is 0 Å². The molecule has 2 heterocycles. The molecule has 2 aromatic rings. The predicted molar refractivity (Wildman–Crippen MR) is 99.0 cm³/mol. The van der Waals surface area contributed by atoms with E-state index in [1.165, 1.54) is 20.8 Å². The van der Waals surface area contributed by atoms with Gasteiger partial charge in [0.05, 0.1) is 12.1 Å². The molecule has 0 bridgehead atoms. The first-order valence-electron chi connectivity index (χ1n) is 8.99. The monoisotopic (exact) mass is 403 g/mol. The highest BCUT2D eigenvalue weighted by Crippen LogP contribution is 2.34. The van der Waals surface area contributed by atoms with Gasteiger partial charge in [-0.1, -0.05) is 18.2 Å². The maximum Gasteiger partial charge on any atom is 0.303 e. The van der Waals surface area contributed by atoms with E-state index in [9.17, 15) is 19.2 Å². The van der Waals surface area contributed by atoms with E-state index in [1.807, 2.05) is 0 Å². The molecule has 1 aromatic carbocycles. The Hall–Kier alpha value is -3.20. The van der Waals surface area contributed by atoms with Crippen LogP contribution in [-0.2, 0) is 33.3 Å². The second kappa shape index (κ2) is 8.44. The molecule has 0 unspecified atom stereocenters. The highest BCUT2D eigenvalue weighted by atomic mass is 16.6. The van der Waals surface area contributed by atoms with Gasteiger partial charge in [0.15, 0.2) is 30.8 Å². The van der Waals surface area contributed by atoms with Gasteiger partial charge in [-0.25, -0.2) is 0 Å². The fourth-order valence-electron chi connectivity index (χ4n) is 3.50. The number of ether oxygens (including phenoxy) is 4. The summed E-state index contributed by atoms with van der Waals surface area (Å²) in [6.07, 6.45) is -1.76. The number of esters is 3. The second-order valence-corrected chi connectivity index (χ2v) is 6.65. The number of carbonyl (C=O) groups is 4. The van der Waals surface area contributed by atoms with Crippen molar-refractivity contribution < 1.29 is 38.1 Å². The Morgan fingerprint density at radius 2 is 1.62 bits per heavy atom. The van der Waals surface area contributed by atoms with Crippen LogP contribution in [0.1, 0.15) is 37.4 Å². The van der Waals surface area contributed by atoms with E-state index in [0.717, 1.165) is 0 Å². The Morgan fingerprint density at radius 3 is 2.24 bits per heavy atom. The topological polar surface area (TPSA) is 110 Å². The molecule has 9 nitrogen and oxygen atoms in total. The molecule has 0 saturated carbocycles. The SMILES string of the molecule is CC(=O)O[C@@H]1[C@@H](OC(C)=O)[C@@H](n2cc(C=O)c3ccccc32)OC[C@H]1OC(C)=O. The van der Waals surface area contributed by atoms with Crippen molar-refractivity contribution in [2.75, 3.05) is 6.61 Å². The third-order valence-electron chi connectivity index (χ3n) is 4.50. The average molecular weight is 403 g/mol. The fourth-order valence-corrected chi connectivity index (χ4v) is 3.50. The molecule has 0 radical (unpaired) electrons. The first-order valence-corrected chi connectivity index (χ1v) is 8.99. The van der Waals surface area contributed by atoms with Gasteiger partial charge in [0.25, 0.3) is 0 Å². The third kappa shape index (κ3) is 4.29. The molecule has 1 aliphatic rings. The molecule has 154 valence electrons. The standard InChI is InChI=1S/C20H21NO8/c1-11(23)27-17-10-26-20(19(29-13(3)25)18(17)28-12(2)24)21-8-14(9-22)15-6-4-5-7-16(15)21/h4-9,17-20H,10H2,1-3H3/t17-,18+,19-,20+/m1/s1. The lowest BCUT2D eigenvalue weighted by atomic mass is 10.0. The van der Waals surface area contributed by atoms with Gasteiger partial charge in [0.1, 0.15) is 0 Å². The van der Waals surface area contributed by atoms with Crippen LogP contribution in [0.4, 0.5) is 0 Å². The summed E-state index contributed by atoms with van der Waals surface area (Å²) in [4.78, 5) is 46.4. The first kappa shape index (κ1) is 20.5. The van der Waals surface area contributed by atoms with Crippen molar-refractivity contribution in [1.82, 2.24) is 4.57 Å². The van der Waals surface area contributed by atoms with Crippen LogP contribution in [-0.4, -0.2) is 53.7 Å². The molecule has 0 amide bonds. The van der Waals surface area contributed by atoms with Crippen LogP contribution in [0, 0.1) is 0 Å². The van der Waals surface area contributed by atoms with Crippen LogP contribution in [0.25, 0.3) is 10.9 Å². The maximum absolute atomic E-state index is 11.8. The van der Waals surface area contributed by atoms with E-state index < -0.39 is 42.4 Å². The largest absolute Gasteiger partial charge is 0.456 e. The van der Waals surface area contributed by atoms with Gasteiger partial charge < -0.3 is 23.5 Å². The minimum absolute atomic E-state index is 0.0944. The number of carbonyl (C=O) groups excluding carboxylic acids is 4. The highest BCUT2D eigenvalue weighted by Gasteiger charge is 2.47. The van der Waals surface area contributed by atoms with Gasteiger partial charge in [0.2, 0.25) is 0 Å². The van der Waals surface area contributed by atoms with Crippen LogP contribution >= 0.6 is 0 Å². The summed E-state index contributed by atoms with van der Waals surface area (Å²) in [6, 6.07) is 7.16. The van der Waals surface area contributed by atoms with Crippen molar-refractivity contribution in [3.63, 3.8) is 0 Å². The summed E-state index contributed by atoms with van der Waals surface area (Å²) in [7, 11) is 0. The first-order chi connectivity index (χ1) is 13.8. The lowest BCUT2D eigenvalue weighted by Gasteiger charge is -2.41. The number of rotatable bonds is 5. The Kier molecular flexibility index (Phi) is 5.97. The number of fused-ring (bicyclic) bond motifs is 1. The number of benzene rings is 1. The van der Waals surface area contributed by atoms with Crippen molar-refractivity contribution in [3.8, 4) is 0 Å². The summed E-state index contributed by atoms with van der Waals surface area (Å²) >= 11 is 0. The summed E-state index contributed by atoms with van der Waals surface area (Å²) in [6.45, 7) is 3.54. The van der Waals surface area contributed by atoms with Gasteiger partial charge >= 0.3 is 17.9 Å². The second-order valence-electron chi connectivity index (χ2n) is 6.65. The van der Waals surface area contributed by atoms with E-state index in [2.05, 4.69) is 0 Å². The highest BCUT2D eigenvalue weighted by molar-refractivity contribution is 5.97. The minimum Gasteiger partial charge on any atom is -0.456 e. The van der Waals surface area contributed by atoms with Crippen molar-refractivity contribution in [2.24, 2.45) is 0 Å². The summed E-state index contributed by atoms with van der Waals surface area (Å²) in [5.74, 6) is -1.85. The quantitative estimate of drug-likeness (QED) is 0.422. The molecule has 0 aliphatic carbocycles. The van der Waals surface area contributed by atoms with Crippen LogP contribution in [0.5, 0.6) is 0 Å². The molecular formula is C20H21NO8. The summed E-state index contributed by atoms with van der Waals surface area (Å²) < 4.78 is 23.5. The normalized spacial score (nSPS) is 24.0. The van der Waals surface area contributed by atoms with Gasteiger partial charge in [0, 0.05) is 37.9 Å². The van der Waals surface area contributed by atoms with Gasteiger partial charge in [-0.2, -0.15) is 0 Å².